The maximum Gasteiger partial charge on any atom is 0.0501 e. The van der Waals surface area contributed by atoms with Crippen molar-refractivity contribution in [2.24, 2.45) is 14.2 Å². The summed E-state index contributed by atoms with van der Waals surface area (Å²) in [5.74, 6) is 0. The van der Waals surface area contributed by atoms with E-state index in [1.807, 2.05) is 0 Å². The fourth-order valence-corrected chi connectivity index (χ4v) is 3.86. The van der Waals surface area contributed by atoms with E-state index < -0.39 is 21.2 Å². The van der Waals surface area contributed by atoms with Crippen molar-refractivity contribution in [3.63, 3.8) is 0 Å². The van der Waals surface area contributed by atoms with Crippen LogP contribution in [0.25, 0.3) is 0 Å². The Labute approximate surface area is 140 Å². The molecule has 0 saturated carbocycles. The Morgan fingerprint density at radius 3 is 0.909 bits per heavy atom. The molecule has 0 aromatic carbocycles. The summed E-state index contributed by atoms with van der Waals surface area (Å²) in [5, 5.41) is 0. The van der Waals surface area contributed by atoms with Crippen molar-refractivity contribution in [1.29, 1.82) is 0 Å². The van der Waals surface area contributed by atoms with E-state index in [1.54, 1.807) is 0 Å². The van der Waals surface area contributed by atoms with Crippen LogP contribution in [0, 0.1) is 0 Å². The highest BCUT2D eigenvalue weighted by Gasteiger charge is 2.06. The van der Waals surface area contributed by atoms with Crippen LogP contribution in [0.2, 0.25) is 0 Å². The maximum absolute atomic E-state index is 4.83. The Morgan fingerprint density at radius 2 is 0.727 bits per heavy atom. The minimum absolute atomic E-state index is 0.951. The highest BCUT2D eigenvalue weighted by molar-refractivity contribution is 7.64. The molecule has 0 amide bonds. The molecule has 134 valence electrons. The summed E-state index contributed by atoms with van der Waals surface area (Å²) in [7, 11) is -3.04. The van der Waals surface area contributed by atoms with Crippen LogP contribution in [0.5, 0.6) is 0 Å². The molecule has 22 heavy (non-hydrogen) atoms. The van der Waals surface area contributed by atoms with E-state index in [1.165, 1.54) is 0 Å². The van der Waals surface area contributed by atoms with Gasteiger partial charge < -0.3 is 14.2 Å². The van der Waals surface area contributed by atoms with Gasteiger partial charge in [-0.3, -0.25) is 4.90 Å². The second kappa shape index (κ2) is 9.83. The first-order valence-corrected chi connectivity index (χ1v) is 17.3. The molecule has 0 spiro atoms. The minimum atomic E-state index is -1.01. The molecule has 0 unspecified atom stereocenters. The van der Waals surface area contributed by atoms with Gasteiger partial charge in [0.15, 0.2) is 0 Å². The molecule has 0 heterocycles. The molecule has 0 N–H and O–H groups in total. The zero-order valence-corrected chi connectivity index (χ0v) is 19.1. The molecule has 0 aromatic rings. The summed E-state index contributed by atoms with van der Waals surface area (Å²) < 4.78 is 14.5. The lowest BCUT2D eigenvalue weighted by Crippen LogP contribution is -2.31. The van der Waals surface area contributed by atoms with Gasteiger partial charge in [0.25, 0.3) is 0 Å². The lowest BCUT2D eigenvalue weighted by Gasteiger charge is -2.21. The zero-order valence-electron chi connectivity index (χ0n) is 16.4. The number of hydrogen-bond acceptors (Lipinski definition) is 4. The van der Waals surface area contributed by atoms with Crippen LogP contribution in [0.15, 0.2) is 14.2 Å². The molecule has 0 aliphatic carbocycles. The number of rotatable bonds is 9. The van der Waals surface area contributed by atoms with E-state index >= 15 is 0 Å². The second-order valence-electron chi connectivity index (χ2n) is 8.26. The molecule has 0 bridgehead atoms. The number of nitrogens with zero attached hydrogens (tertiary/aromatic N) is 4. The van der Waals surface area contributed by atoms with Gasteiger partial charge in [-0.05, 0) is 81.1 Å². The Kier molecular flexibility index (Phi) is 10.1. The van der Waals surface area contributed by atoms with E-state index in [9.17, 15) is 0 Å². The SMILES string of the molecule is CP(C)(C)=NCCN(CCN=P(C)(C)C)CCN=P(C)(C)C. The Balaban J connectivity index is 4.56. The van der Waals surface area contributed by atoms with Crippen molar-refractivity contribution in [2.75, 3.05) is 99.3 Å². The van der Waals surface area contributed by atoms with Crippen LogP contribution >= 0.6 is 21.2 Å². The highest BCUT2D eigenvalue weighted by atomic mass is 31.2. The summed E-state index contributed by atoms with van der Waals surface area (Å²) in [5.41, 5.74) is 0. The van der Waals surface area contributed by atoms with Gasteiger partial charge in [-0.25, -0.2) is 0 Å². The normalized spacial score (nSPS) is 13.4. The van der Waals surface area contributed by atoms with E-state index in [0.29, 0.717) is 0 Å². The van der Waals surface area contributed by atoms with Crippen LogP contribution in [0.1, 0.15) is 0 Å². The van der Waals surface area contributed by atoms with Crippen molar-refractivity contribution in [3.8, 4) is 0 Å². The van der Waals surface area contributed by atoms with Crippen molar-refractivity contribution in [3.05, 3.63) is 0 Å². The third-order valence-corrected chi connectivity index (χ3v) is 5.97. The molecule has 4 nitrogen and oxygen atoms in total. The van der Waals surface area contributed by atoms with Gasteiger partial charge in [-0.1, -0.05) is 0 Å². The third kappa shape index (κ3) is 17.0. The quantitative estimate of drug-likeness (QED) is 0.550. The van der Waals surface area contributed by atoms with Gasteiger partial charge in [-0.2, -0.15) is 0 Å². The predicted octanol–water partition coefficient (Wildman–Crippen LogP) is 4.56. The molecule has 0 fully saturated rings. The average molecular weight is 368 g/mol. The van der Waals surface area contributed by atoms with Crippen LogP contribution in [-0.4, -0.2) is 104 Å². The van der Waals surface area contributed by atoms with Crippen LogP contribution in [0.3, 0.4) is 0 Å². The van der Waals surface area contributed by atoms with E-state index in [4.69, 9.17) is 14.2 Å². The third-order valence-electron chi connectivity index (χ3n) is 2.82. The Hall–Kier alpha value is 0.650. The average Bonchev–Trinajstić information content (AvgIpc) is 2.23. The summed E-state index contributed by atoms with van der Waals surface area (Å²) in [4.78, 5) is 2.50. The fraction of sp³-hybridized carbons (Fsp3) is 1.00. The molecule has 0 saturated heterocycles. The number of hydrogen-bond donors (Lipinski definition) is 0. The molecule has 0 radical (unpaired) electrons. The standard InChI is InChI=1S/C15H39N4P3/c1-20(2,3)16-10-13-19(14-11-17-21(4,5)6)15-12-18-22(7,8)9/h10-15H2,1-9H3. The second-order valence-corrected chi connectivity index (χ2v) is 20.8. The van der Waals surface area contributed by atoms with Crippen LogP contribution in [-0.2, 0) is 0 Å². The lowest BCUT2D eigenvalue weighted by molar-refractivity contribution is 0.299. The first kappa shape index (κ1) is 22.6. The zero-order chi connectivity index (χ0) is 17.4. The van der Waals surface area contributed by atoms with Gasteiger partial charge >= 0.3 is 0 Å². The molecular weight excluding hydrogens is 329 g/mol. The monoisotopic (exact) mass is 368 g/mol. The van der Waals surface area contributed by atoms with Gasteiger partial charge in [0.05, 0.1) is 19.6 Å². The molecule has 0 aliphatic rings. The largest absolute Gasteiger partial charge is 0.303 e. The smallest absolute Gasteiger partial charge is 0.0501 e. The molecule has 0 atom stereocenters. The summed E-state index contributed by atoms with van der Waals surface area (Å²) >= 11 is 0. The van der Waals surface area contributed by atoms with Crippen molar-refractivity contribution >= 4 is 21.2 Å². The fourth-order valence-electron chi connectivity index (χ4n) is 1.79. The van der Waals surface area contributed by atoms with Crippen LogP contribution in [0.4, 0.5) is 0 Å². The maximum atomic E-state index is 4.83. The first-order valence-electron chi connectivity index (χ1n) is 8.02. The lowest BCUT2D eigenvalue weighted by atomic mass is 10.4. The predicted molar refractivity (Wildman–Crippen MR) is 112 cm³/mol. The van der Waals surface area contributed by atoms with Crippen molar-refractivity contribution in [1.82, 2.24) is 4.90 Å². The summed E-state index contributed by atoms with van der Waals surface area (Å²) in [6.45, 7) is 26.5. The van der Waals surface area contributed by atoms with E-state index in [0.717, 1.165) is 39.3 Å². The molecule has 0 aromatic heterocycles. The van der Waals surface area contributed by atoms with Crippen molar-refractivity contribution < 1.29 is 0 Å². The molecule has 7 heteroatoms. The summed E-state index contributed by atoms with van der Waals surface area (Å²) in [6.07, 6.45) is 0. The van der Waals surface area contributed by atoms with Gasteiger partial charge in [0, 0.05) is 19.6 Å². The molecule has 0 aliphatic heterocycles. The van der Waals surface area contributed by atoms with Crippen molar-refractivity contribution in [2.45, 2.75) is 0 Å². The highest BCUT2D eigenvalue weighted by Crippen LogP contribution is 2.36. The van der Waals surface area contributed by atoms with Gasteiger partial charge in [0.1, 0.15) is 0 Å². The minimum Gasteiger partial charge on any atom is -0.303 e. The van der Waals surface area contributed by atoms with Gasteiger partial charge in [0.2, 0.25) is 0 Å². The molecule has 0 rings (SSSR count). The van der Waals surface area contributed by atoms with Crippen LogP contribution < -0.4 is 0 Å². The van der Waals surface area contributed by atoms with E-state index in [-0.39, 0.29) is 0 Å². The molecular formula is C15H39N4P3. The Bertz CT molecular complexity index is 383. The topological polar surface area (TPSA) is 40.3 Å². The Morgan fingerprint density at radius 1 is 0.500 bits per heavy atom. The van der Waals surface area contributed by atoms with E-state index in [2.05, 4.69) is 64.9 Å². The van der Waals surface area contributed by atoms with Gasteiger partial charge in [-0.15, -0.1) is 0 Å². The first-order chi connectivity index (χ1) is 9.79. The summed E-state index contributed by atoms with van der Waals surface area (Å²) in [6, 6.07) is 0.